The van der Waals surface area contributed by atoms with E-state index in [1.165, 1.54) is 66.4 Å². The molecule has 7 aromatic rings. The highest BCUT2D eigenvalue weighted by atomic mass is 16.5. The van der Waals surface area contributed by atoms with Crippen LogP contribution in [0.3, 0.4) is 0 Å². The summed E-state index contributed by atoms with van der Waals surface area (Å²) in [6.45, 7) is 0. The van der Waals surface area contributed by atoms with Crippen LogP contribution in [-0.4, -0.2) is 6.10 Å². The zero-order valence-corrected chi connectivity index (χ0v) is 29.7. The topological polar surface area (TPSA) is 45.3 Å². The van der Waals surface area contributed by atoms with Crippen LogP contribution < -0.4 is 20.7 Å². The number of hydrogen-bond donors (Lipinski definition) is 3. The number of nitrogens with one attached hydrogen (secondary N) is 3. The second kappa shape index (κ2) is 12.5. The normalized spacial score (nSPS) is 24.7. The van der Waals surface area contributed by atoms with E-state index in [9.17, 15) is 0 Å². The molecule has 1 saturated heterocycles. The number of benzene rings is 7. The molecule has 0 aromatic heterocycles. The van der Waals surface area contributed by atoms with Gasteiger partial charge in [-0.25, -0.2) is 0 Å². The molecule has 0 saturated carbocycles. The summed E-state index contributed by atoms with van der Waals surface area (Å²) in [7, 11) is 0. The Bertz CT molecular complexity index is 2610. The zero-order chi connectivity index (χ0) is 35.6. The Morgan fingerprint density at radius 3 is 1.98 bits per heavy atom. The van der Waals surface area contributed by atoms with E-state index in [-0.39, 0.29) is 30.5 Å². The third-order valence-electron chi connectivity index (χ3n) is 12.1. The highest BCUT2D eigenvalue weighted by Gasteiger charge is 2.56. The first kappa shape index (κ1) is 31.5. The predicted molar refractivity (Wildman–Crippen MR) is 218 cm³/mol. The lowest BCUT2D eigenvalue weighted by Crippen LogP contribution is -2.54. The van der Waals surface area contributed by atoms with Gasteiger partial charge in [-0.15, -0.1) is 0 Å². The van der Waals surface area contributed by atoms with Gasteiger partial charge in [-0.2, -0.15) is 0 Å². The molecular formula is C50H39N3O. The molecule has 260 valence electrons. The van der Waals surface area contributed by atoms with Crippen molar-refractivity contribution in [1.29, 1.82) is 0 Å². The van der Waals surface area contributed by atoms with E-state index in [1.54, 1.807) is 0 Å². The van der Waals surface area contributed by atoms with E-state index in [0.29, 0.717) is 0 Å². The lowest BCUT2D eigenvalue weighted by Gasteiger charge is -2.47. The Hall–Kier alpha value is -6.04. The van der Waals surface area contributed by atoms with Crippen LogP contribution in [0, 0.1) is 5.92 Å². The smallest absolute Gasteiger partial charge is 0.125 e. The highest BCUT2D eigenvalue weighted by Crippen LogP contribution is 2.62. The second-order valence-electron chi connectivity index (χ2n) is 14.9. The van der Waals surface area contributed by atoms with Gasteiger partial charge in [0.05, 0.1) is 23.9 Å². The maximum absolute atomic E-state index is 6.73. The van der Waals surface area contributed by atoms with E-state index >= 15 is 0 Å². The van der Waals surface area contributed by atoms with Gasteiger partial charge < -0.3 is 4.74 Å². The molecule has 54 heavy (non-hydrogen) atoms. The lowest BCUT2D eigenvalue weighted by atomic mass is 9.60. The largest absolute Gasteiger partial charge is 0.485 e. The van der Waals surface area contributed by atoms with Crippen molar-refractivity contribution >= 4 is 10.8 Å². The molecule has 2 aliphatic heterocycles. The number of rotatable bonds is 4. The minimum Gasteiger partial charge on any atom is -0.485 e. The average Bonchev–Trinajstić information content (AvgIpc) is 3.54. The van der Waals surface area contributed by atoms with Crippen LogP contribution in [-0.2, 0) is 5.41 Å². The van der Waals surface area contributed by atoms with Crippen LogP contribution in [0.25, 0.3) is 33.0 Å². The molecule has 0 amide bonds. The molecule has 0 bridgehead atoms. The van der Waals surface area contributed by atoms with Gasteiger partial charge in [0.15, 0.2) is 0 Å². The Balaban J connectivity index is 1.08. The summed E-state index contributed by atoms with van der Waals surface area (Å²) in [6.07, 6.45) is 8.44. The van der Waals surface area contributed by atoms with Gasteiger partial charge in [0.2, 0.25) is 0 Å². The average molecular weight is 698 g/mol. The van der Waals surface area contributed by atoms with Gasteiger partial charge in [-0.1, -0.05) is 176 Å². The van der Waals surface area contributed by atoms with E-state index in [4.69, 9.17) is 4.74 Å². The molecule has 1 spiro atoms. The molecule has 4 aliphatic rings. The molecule has 3 N–H and O–H groups in total. The van der Waals surface area contributed by atoms with Crippen molar-refractivity contribution in [2.24, 2.45) is 5.92 Å². The number of hydrogen-bond acceptors (Lipinski definition) is 4. The van der Waals surface area contributed by atoms with Crippen LogP contribution in [0.2, 0.25) is 0 Å². The van der Waals surface area contributed by atoms with Crippen LogP contribution in [0.5, 0.6) is 5.75 Å². The third kappa shape index (κ3) is 4.74. The molecule has 7 aromatic carbocycles. The van der Waals surface area contributed by atoms with E-state index < -0.39 is 5.41 Å². The van der Waals surface area contributed by atoms with Crippen molar-refractivity contribution in [3.05, 3.63) is 221 Å². The Labute approximate surface area is 315 Å². The van der Waals surface area contributed by atoms with Crippen molar-refractivity contribution < 1.29 is 4.74 Å². The Morgan fingerprint density at radius 2 is 1.09 bits per heavy atom. The Kier molecular flexibility index (Phi) is 7.31. The molecule has 4 heteroatoms. The zero-order valence-electron chi connectivity index (χ0n) is 29.7. The van der Waals surface area contributed by atoms with Crippen molar-refractivity contribution in [3.8, 4) is 28.0 Å². The first-order chi connectivity index (χ1) is 26.8. The monoisotopic (exact) mass is 697 g/mol. The lowest BCUT2D eigenvalue weighted by molar-refractivity contribution is 0.141. The van der Waals surface area contributed by atoms with E-state index in [1.807, 2.05) is 0 Å². The number of fused-ring (bicyclic) bond motifs is 10. The van der Waals surface area contributed by atoms with Crippen LogP contribution in [0.4, 0.5) is 0 Å². The minimum atomic E-state index is -0.405. The van der Waals surface area contributed by atoms with Crippen molar-refractivity contribution in [1.82, 2.24) is 16.0 Å². The first-order valence-corrected chi connectivity index (χ1v) is 19.0. The molecular weight excluding hydrogens is 659 g/mol. The molecule has 2 heterocycles. The number of ether oxygens (including phenoxy) is 1. The summed E-state index contributed by atoms with van der Waals surface area (Å²) < 4.78 is 6.73. The highest BCUT2D eigenvalue weighted by molar-refractivity contribution is 5.88. The summed E-state index contributed by atoms with van der Waals surface area (Å²) in [5.74, 6) is 1.06. The minimum absolute atomic E-state index is 0.0679. The van der Waals surface area contributed by atoms with Gasteiger partial charge in [0.1, 0.15) is 11.9 Å². The van der Waals surface area contributed by atoms with Crippen LogP contribution >= 0.6 is 0 Å². The van der Waals surface area contributed by atoms with Crippen molar-refractivity contribution in [2.45, 2.75) is 30.0 Å². The molecule has 6 unspecified atom stereocenters. The van der Waals surface area contributed by atoms with E-state index in [2.05, 4.69) is 204 Å². The number of allylic oxidation sites excluding steroid dienone is 2. The Morgan fingerprint density at radius 1 is 0.463 bits per heavy atom. The van der Waals surface area contributed by atoms with Crippen molar-refractivity contribution in [3.63, 3.8) is 0 Å². The summed E-state index contributed by atoms with van der Waals surface area (Å²) in [6, 6.07) is 59.6. The summed E-state index contributed by atoms with van der Waals surface area (Å²) in [5.41, 5.74) is 12.2. The molecule has 1 fully saturated rings. The van der Waals surface area contributed by atoms with Gasteiger partial charge in [0.25, 0.3) is 0 Å². The van der Waals surface area contributed by atoms with Gasteiger partial charge in [-0.05, 0) is 73.0 Å². The molecule has 4 nitrogen and oxygen atoms in total. The maximum atomic E-state index is 6.73. The predicted octanol–water partition coefficient (Wildman–Crippen LogP) is 10.5. The van der Waals surface area contributed by atoms with Crippen LogP contribution in [0.15, 0.2) is 188 Å². The summed E-state index contributed by atoms with van der Waals surface area (Å²) in [5, 5.41) is 14.6. The van der Waals surface area contributed by atoms with Gasteiger partial charge in [0, 0.05) is 11.5 Å². The first-order valence-electron chi connectivity index (χ1n) is 19.0. The summed E-state index contributed by atoms with van der Waals surface area (Å²) in [4.78, 5) is 0. The standard InChI is InChI=1S/C50H39N3O/c1-2-14-32(15-3-1)33-28-30-35(31-29-33)47-51-48(37-20-12-17-34-16-4-5-18-36(34)37)53-49(52-47)39-21-13-25-43-46(39)38-19-6-7-22-40(38)50(43)41-23-8-10-26-44(41)54-45-27-11-9-24-42(45)50/h1-31,41,44,47-49,51-53H. The van der Waals surface area contributed by atoms with Gasteiger partial charge in [-0.3, -0.25) is 16.0 Å². The van der Waals surface area contributed by atoms with Crippen molar-refractivity contribution in [2.75, 3.05) is 0 Å². The fourth-order valence-corrected chi connectivity index (χ4v) is 9.79. The fraction of sp³-hybridized carbons (Fsp3) is 0.120. The molecule has 2 aliphatic carbocycles. The molecule has 0 radical (unpaired) electrons. The molecule has 6 atom stereocenters. The van der Waals surface area contributed by atoms with Crippen LogP contribution in [0.1, 0.15) is 51.9 Å². The maximum Gasteiger partial charge on any atom is 0.125 e. The summed E-state index contributed by atoms with van der Waals surface area (Å²) >= 11 is 0. The second-order valence-corrected chi connectivity index (χ2v) is 14.9. The molecule has 11 rings (SSSR count). The van der Waals surface area contributed by atoms with E-state index in [0.717, 1.165) is 5.75 Å². The fourth-order valence-electron chi connectivity index (χ4n) is 9.79. The van der Waals surface area contributed by atoms with Gasteiger partial charge >= 0.3 is 0 Å². The SMILES string of the molecule is C1=CC2Oc3ccccc3C3(c4ccccc4-c4c(C5NC(c6ccc(-c7ccccc7)cc6)NC(c6cccc7ccccc67)N5)cccc43)C2C=C1. The number of para-hydroxylation sites is 1. The third-order valence-corrected chi connectivity index (χ3v) is 12.1. The quantitative estimate of drug-likeness (QED) is 0.171.